The van der Waals surface area contributed by atoms with Crippen LogP contribution < -0.4 is 10.0 Å². The number of hydrogen-bond donors (Lipinski definition) is 1. The fourth-order valence-electron chi connectivity index (χ4n) is 1.91. The van der Waals surface area contributed by atoms with E-state index in [4.69, 9.17) is 10.4 Å². The Morgan fingerprint density at radius 2 is 2.16 bits per heavy atom. The second-order valence-electron chi connectivity index (χ2n) is 4.20. The third-order valence-electron chi connectivity index (χ3n) is 2.94. The molecular formula is C11H10BrN3O3S. The van der Waals surface area contributed by atoms with Crippen LogP contribution in [0, 0.1) is 11.3 Å². The van der Waals surface area contributed by atoms with Gasteiger partial charge in [-0.3, -0.25) is 4.79 Å². The first kappa shape index (κ1) is 14.0. The van der Waals surface area contributed by atoms with Crippen molar-refractivity contribution >= 4 is 37.5 Å². The zero-order valence-corrected chi connectivity index (χ0v) is 12.1. The first-order valence-corrected chi connectivity index (χ1v) is 7.75. The minimum atomic E-state index is -3.74. The predicted octanol–water partition coefficient (Wildman–Crippen LogP) is 0.715. The summed E-state index contributed by atoms with van der Waals surface area (Å²) in [6, 6.07) is 6.81. The van der Waals surface area contributed by atoms with Crippen molar-refractivity contribution in [3.8, 4) is 6.07 Å². The maximum absolute atomic E-state index is 11.8. The Hall–Kier alpha value is -1.43. The molecule has 2 rings (SSSR count). The molecule has 0 bridgehead atoms. The maximum Gasteiger partial charge on any atom is 0.228 e. The van der Waals surface area contributed by atoms with Gasteiger partial charge in [-0.15, -0.1) is 0 Å². The fraction of sp³-hybridized carbons (Fsp3) is 0.273. The molecule has 0 saturated carbocycles. The van der Waals surface area contributed by atoms with Gasteiger partial charge < -0.3 is 4.90 Å². The van der Waals surface area contributed by atoms with Gasteiger partial charge in [0.25, 0.3) is 0 Å². The molecule has 0 radical (unpaired) electrons. The molecule has 1 amide bonds. The molecule has 8 heteroatoms. The highest BCUT2D eigenvalue weighted by Gasteiger charge is 2.37. The zero-order chi connectivity index (χ0) is 14.2. The third kappa shape index (κ3) is 2.78. The lowest BCUT2D eigenvalue weighted by molar-refractivity contribution is -0.117. The van der Waals surface area contributed by atoms with E-state index in [0.717, 1.165) is 0 Å². The molecule has 1 saturated heterocycles. The summed E-state index contributed by atoms with van der Waals surface area (Å²) in [5, 5.41) is 13.1. The number of hydrogen-bond acceptors (Lipinski definition) is 4. The molecule has 1 atom stereocenters. The summed E-state index contributed by atoms with van der Waals surface area (Å²) in [6.45, 7) is 0.0180. The lowest BCUT2D eigenvalue weighted by Gasteiger charge is -2.16. The molecule has 1 aromatic carbocycles. The molecule has 6 nitrogen and oxygen atoms in total. The maximum atomic E-state index is 11.8. The molecule has 0 aromatic heterocycles. The van der Waals surface area contributed by atoms with Crippen molar-refractivity contribution in [2.45, 2.75) is 11.7 Å². The molecule has 0 spiro atoms. The minimum absolute atomic E-state index is 0.0180. The molecular weight excluding hydrogens is 334 g/mol. The number of nitrogens with two attached hydrogens (primary N) is 1. The standard InChI is InChI=1S/C11H10BrN3O3S/c12-10-2-1-8(3-7(10)5-13)15-6-9(4-11(15)16)19(14,17)18/h1-3,9H,4,6H2,(H2,14,17,18). The second-order valence-corrected chi connectivity index (χ2v) is 6.89. The van der Waals surface area contributed by atoms with Gasteiger partial charge >= 0.3 is 0 Å². The van der Waals surface area contributed by atoms with E-state index in [2.05, 4.69) is 15.9 Å². The Kier molecular flexibility index (Phi) is 3.62. The number of amides is 1. The van der Waals surface area contributed by atoms with E-state index in [1.54, 1.807) is 12.1 Å². The number of halogens is 1. The molecule has 1 aliphatic heterocycles. The van der Waals surface area contributed by atoms with Crippen molar-refractivity contribution in [1.82, 2.24) is 0 Å². The van der Waals surface area contributed by atoms with Crippen LogP contribution in [0.15, 0.2) is 22.7 Å². The zero-order valence-electron chi connectivity index (χ0n) is 9.71. The molecule has 1 fully saturated rings. The molecule has 19 heavy (non-hydrogen) atoms. The predicted molar refractivity (Wildman–Crippen MR) is 72.7 cm³/mol. The summed E-state index contributed by atoms with van der Waals surface area (Å²) in [4.78, 5) is 13.2. The Labute approximate surface area is 119 Å². The number of nitriles is 1. The lowest BCUT2D eigenvalue weighted by Crippen LogP contribution is -2.32. The van der Waals surface area contributed by atoms with Crippen molar-refractivity contribution in [2.24, 2.45) is 5.14 Å². The van der Waals surface area contributed by atoms with Gasteiger partial charge in [0.05, 0.1) is 5.56 Å². The Bertz CT molecular complexity index is 681. The third-order valence-corrected chi connectivity index (χ3v) is 4.87. The first-order chi connectivity index (χ1) is 8.82. The lowest BCUT2D eigenvalue weighted by atomic mass is 10.2. The highest BCUT2D eigenvalue weighted by atomic mass is 79.9. The second kappa shape index (κ2) is 4.92. The van der Waals surface area contributed by atoms with Gasteiger partial charge in [-0.2, -0.15) is 5.26 Å². The number of primary sulfonamides is 1. The number of rotatable bonds is 2. The minimum Gasteiger partial charge on any atom is -0.311 e. The van der Waals surface area contributed by atoms with Crippen molar-refractivity contribution in [2.75, 3.05) is 11.4 Å². The van der Waals surface area contributed by atoms with Crippen LogP contribution >= 0.6 is 15.9 Å². The van der Waals surface area contributed by atoms with E-state index >= 15 is 0 Å². The van der Waals surface area contributed by atoms with E-state index in [1.165, 1.54) is 11.0 Å². The Balaban J connectivity index is 2.34. The molecule has 1 aliphatic rings. The van der Waals surface area contributed by atoms with Gasteiger partial charge in [-0.05, 0) is 34.1 Å². The molecule has 0 aliphatic carbocycles. The summed E-state index contributed by atoms with van der Waals surface area (Å²) in [6.07, 6.45) is -0.128. The number of carbonyl (C=O) groups excluding carboxylic acids is 1. The SMILES string of the molecule is N#Cc1cc(N2CC(S(N)(=O)=O)CC2=O)ccc1Br. The van der Waals surface area contributed by atoms with Crippen molar-refractivity contribution < 1.29 is 13.2 Å². The fourth-order valence-corrected chi connectivity index (χ4v) is 2.98. The van der Waals surface area contributed by atoms with Crippen molar-refractivity contribution in [3.05, 3.63) is 28.2 Å². The summed E-state index contributed by atoms with van der Waals surface area (Å²) < 4.78 is 23.2. The van der Waals surface area contributed by atoms with Crippen LogP contribution in [-0.2, 0) is 14.8 Å². The van der Waals surface area contributed by atoms with Gasteiger partial charge in [0, 0.05) is 23.1 Å². The molecule has 1 heterocycles. The normalized spacial score (nSPS) is 19.5. The number of nitrogens with zero attached hydrogens (tertiary/aromatic N) is 2. The average Bonchev–Trinajstić information content (AvgIpc) is 2.72. The Morgan fingerprint density at radius 3 is 2.68 bits per heavy atom. The van der Waals surface area contributed by atoms with E-state index in [9.17, 15) is 13.2 Å². The van der Waals surface area contributed by atoms with Crippen LogP contribution in [-0.4, -0.2) is 26.1 Å². The van der Waals surface area contributed by atoms with E-state index < -0.39 is 15.3 Å². The Morgan fingerprint density at radius 1 is 1.47 bits per heavy atom. The quantitative estimate of drug-likeness (QED) is 0.853. The van der Waals surface area contributed by atoms with Gasteiger partial charge in [0.15, 0.2) is 0 Å². The van der Waals surface area contributed by atoms with Gasteiger partial charge in [-0.1, -0.05) is 0 Å². The highest BCUT2D eigenvalue weighted by Crippen LogP contribution is 2.27. The number of carbonyl (C=O) groups is 1. The molecule has 2 N–H and O–H groups in total. The van der Waals surface area contributed by atoms with Crippen LogP contribution in [0.25, 0.3) is 0 Å². The topological polar surface area (TPSA) is 104 Å². The molecule has 100 valence electrons. The highest BCUT2D eigenvalue weighted by molar-refractivity contribution is 9.10. The van der Waals surface area contributed by atoms with E-state index in [1.807, 2.05) is 6.07 Å². The van der Waals surface area contributed by atoms with E-state index in [-0.39, 0.29) is 18.9 Å². The number of anilines is 1. The van der Waals surface area contributed by atoms with Gasteiger partial charge in [0.1, 0.15) is 11.3 Å². The van der Waals surface area contributed by atoms with Crippen molar-refractivity contribution in [3.63, 3.8) is 0 Å². The molecule has 1 aromatic rings. The van der Waals surface area contributed by atoms with Gasteiger partial charge in [-0.25, -0.2) is 13.6 Å². The van der Waals surface area contributed by atoms with Crippen LogP contribution in [0.4, 0.5) is 5.69 Å². The average molecular weight is 344 g/mol. The largest absolute Gasteiger partial charge is 0.311 e. The van der Waals surface area contributed by atoms with Gasteiger partial charge in [0.2, 0.25) is 15.9 Å². The van der Waals surface area contributed by atoms with Crippen LogP contribution in [0.1, 0.15) is 12.0 Å². The van der Waals surface area contributed by atoms with Crippen LogP contribution in [0.2, 0.25) is 0 Å². The monoisotopic (exact) mass is 343 g/mol. The summed E-state index contributed by atoms with van der Waals surface area (Å²) in [7, 11) is -3.74. The molecule has 1 unspecified atom stereocenters. The first-order valence-electron chi connectivity index (χ1n) is 5.34. The van der Waals surface area contributed by atoms with Crippen LogP contribution in [0.3, 0.4) is 0 Å². The van der Waals surface area contributed by atoms with Crippen LogP contribution in [0.5, 0.6) is 0 Å². The smallest absolute Gasteiger partial charge is 0.228 e. The summed E-state index contributed by atoms with van der Waals surface area (Å²) >= 11 is 3.22. The van der Waals surface area contributed by atoms with Crippen molar-refractivity contribution in [1.29, 1.82) is 5.26 Å². The summed E-state index contributed by atoms with van der Waals surface area (Å²) in [5.41, 5.74) is 0.875. The summed E-state index contributed by atoms with van der Waals surface area (Å²) in [5.74, 6) is -0.315. The number of benzene rings is 1. The number of sulfonamides is 1. The van der Waals surface area contributed by atoms with E-state index in [0.29, 0.717) is 15.7 Å².